The number of hydrogen-bond acceptors (Lipinski definition) is 5. The number of hydroxylamine groups is 2. The first-order valence-corrected chi connectivity index (χ1v) is 9.16. The van der Waals surface area contributed by atoms with Crippen molar-refractivity contribution in [1.82, 2.24) is 9.37 Å². The third-order valence-electron chi connectivity index (χ3n) is 4.06. The third kappa shape index (κ3) is 4.86. The molecule has 0 atom stereocenters. The Bertz CT molecular complexity index is 746. The fourth-order valence-electron chi connectivity index (χ4n) is 2.67. The van der Waals surface area contributed by atoms with Gasteiger partial charge in [0, 0.05) is 32.1 Å². The number of nitrogens with zero attached hydrogens (tertiary/aromatic N) is 2. The van der Waals surface area contributed by atoms with Crippen LogP contribution in [0, 0.1) is 5.92 Å². The number of alkyl halides is 3. The topological polar surface area (TPSA) is 76.2 Å². The predicted octanol–water partition coefficient (Wildman–Crippen LogP) is 2.01. The van der Waals surface area contributed by atoms with Crippen molar-refractivity contribution in [3.05, 3.63) is 24.3 Å². The summed E-state index contributed by atoms with van der Waals surface area (Å²) in [7, 11) is -1.16. The fraction of sp³-hybridized carbons (Fsp3) is 0.533. The van der Waals surface area contributed by atoms with Crippen molar-refractivity contribution in [3.8, 4) is 5.75 Å². The lowest BCUT2D eigenvalue weighted by Gasteiger charge is -2.31. The minimum atomic E-state index is -4.91. The second kappa shape index (κ2) is 7.80. The Morgan fingerprint density at radius 2 is 1.88 bits per heavy atom. The standard InChI is InChI=1S/C15H19F3N2O5S/c1-19(24-2)14(21)11-6-8-20(9-7-11)26(22,23)13-5-3-4-12(10-13)25-15(16,17)18/h3-5,10-11H,6-9H2,1-2H3. The smallest absolute Gasteiger partial charge is 0.406 e. The number of amides is 1. The molecule has 0 aliphatic carbocycles. The Hall–Kier alpha value is -1.85. The average molecular weight is 396 g/mol. The van der Waals surface area contributed by atoms with Gasteiger partial charge in [-0.2, -0.15) is 4.31 Å². The quantitative estimate of drug-likeness (QED) is 0.712. The minimum Gasteiger partial charge on any atom is -0.406 e. The van der Waals surface area contributed by atoms with E-state index in [2.05, 4.69) is 4.74 Å². The van der Waals surface area contributed by atoms with Gasteiger partial charge in [-0.25, -0.2) is 13.5 Å². The van der Waals surface area contributed by atoms with Gasteiger partial charge in [0.15, 0.2) is 0 Å². The zero-order chi connectivity index (χ0) is 19.5. The number of benzene rings is 1. The van der Waals surface area contributed by atoms with E-state index < -0.39 is 22.1 Å². The molecule has 7 nitrogen and oxygen atoms in total. The molecule has 0 radical (unpaired) electrons. The lowest BCUT2D eigenvalue weighted by molar-refractivity contribution is -0.274. The molecule has 11 heteroatoms. The molecule has 2 rings (SSSR count). The van der Waals surface area contributed by atoms with Crippen LogP contribution in [-0.2, 0) is 19.7 Å². The van der Waals surface area contributed by atoms with Crippen molar-refractivity contribution >= 4 is 15.9 Å². The van der Waals surface area contributed by atoms with Crippen molar-refractivity contribution in [2.45, 2.75) is 24.1 Å². The molecule has 1 aliphatic rings. The van der Waals surface area contributed by atoms with Crippen LogP contribution in [0.25, 0.3) is 0 Å². The second-order valence-corrected chi connectivity index (χ2v) is 7.66. The Labute approximate surface area is 149 Å². The molecule has 1 aromatic carbocycles. The summed E-state index contributed by atoms with van der Waals surface area (Å²) in [5.74, 6) is -1.22. The van der Waals surface area contributed by atoms with Crippen molar-refractivity contribution in [1.29, 1.82) is 0 Å². The van der Waals surface area contributed by atoms with E-state index in [-0.39, 0.29) is 29.8 Å². The van der Waals surface area contributed by atoms with Gasteiger partial charge in [-0.15, -0.1) is 13.2 Å². The number of carbonyl (C=O) groups excluding carboxylic acids is 1. The maximum atomic E-state index is 12.6. The molecule has 1 saturated heterocycles. The normalized spacial score (nSPS) is 17.1. The summed E-state index contributed by atoms with van der Waals surface area (Å²) in [5.41, 5.74) is 0. The number of carbonyl (C=O) groups is 1. The summed E-state index contributed by atoms with van der Waals surface area (Å²) in [4.78, 5) is 16.6. The van der Waals surface area contributed by atoms with E-state index in [1.807, 2.05) is 0 Å². The predicted molar refractivity (Wildman–Crippen MR) is 84.4 cm³/mol. The van der Waals surface area contributed by atoms with Gasteiger partial charge >= 0.3 is 6.36 Å². The molecule has 0 spiro atoms. The molecule has 146 valence electrons. The molecule has 1 aliphatic heterocycles. The first-order chi connectivity index (χ1) is 12.0. The molecule has 0 saturated carbocycles. The van der Waals surface area contributed by atoms with Crippen LogP contribution >= 0.6 is 0 Å². The summed E-state index contributed by atoms with van der Waals surface area (Å²) >= 11 is 0. The molecule has 0 N–H and O–H groups in total. The molecule has 0 unspecified atom stereocenters. The van der Waals surface area contributed by atoms with Crippen molar-refractivity contribution in [2.24, 2.45) is 5.92 Å². The van der Waals surface area contributed by atoms with Gasteiger partial charge in [0.1, 0.15) is 5.75 Å². The van der Waals surface area contributed by atoms with E-state index in [4.69, 9.17) is 4.84 Å². The van der Waals surface area contributed by atoms with E-state index in [0.29, 0.717) is 12.8 Å². The maximum absolute atomic E-state index is 12.6. The van der Waals surface area contributed by atoms with Crippen molar-refractivity contribution in [2.75, 3.05) is 27.2 Å². The lowest BCUT2D eigenvalue weighted by Crippen LogP contribution is -2.43. The van der Waals surface area contributed by atoms with Crippen molar-refractivity contribution in [3.63, 3.8) is 0 Å². The maximum Gasteiger partial charge on any atom is 0.573 e. The van der Waals surface area contributed by atoms with Crippen LogP contribution in [0.4, 0.5) is 13.2 Å². The largest absolute Gasteiger partial charge is 0.573 e. The number of sulfonamides is 1. The molecule has 1 aromatic rings. The van der Waals surface area contributed by atoms with Crippen LogP contribution in [0.2, 0.25) is 0 Å². The van der Waals surface area contributed by atoms with Gasteiger partial charge < -0.3 is 4.74 Å². The van der Waals surface area contributed by atoms with E-state index in [1.54, 1.807) is 0 Å². The Morgan fingerprint density at radius 3 is 2.42 bits per heavy atom. The molecular formula is C15H19F3N2O5S. The molecule has 1 heterocycles. The van der Waals surface area contributed by atoms with Crippen LogP contribution in [0.15, 0.2) is 29.2 Å². The highest BCUT2D eigenvalue weighted by Crippen LogP contribution is 2.28. The van der Waals surface area contributed by atoms with Gasteiger partial charge in [0.2, 0.25) is 15.9 Å². The first-order valence-electron chi connectivity index (χ1n) is 7.72. The van der Waals surface area contributed by atoms with Crippen LogP contribution < -0.4 is 4.74 Å². The average Bonchev–Trinajstić information content (AvgIpc) is 2.59. The minimum absolute atomic E-state index is 0.0840. The van der Waals surface area contributed by atoms with Crippen LogP contribution in [0.5, 0.6) is 5.75 Å². The van der Waals surface area contributed by atoms with Crippen LogP contribution in [0.1, 0.15) is 12.8 Å². The number of rotatable bonds is 5. The molecule has 1 fully saturated rings. The number of halogens is 3. The van der Waals surface area contributed by atoms with Gasteiger partial charge in [0.25, 0.3) is 0 Å². The summed E-state index contributed by atoms with van der Waals surface area (Å²) in [6.07, 6.45) is -4.32. The Kier molecular flexibility index (Phi) is 6.14. The lowest BCUT2D eigenvalue weighted by atomic mass is 9.97. The Balaban J connectivity index is 2.10. The van der Waals surface area contributed by atoms with Gasteiger partial charge in [-0.1, -0.05) is 6.07 Å². The SMILES string of the molecule is CON(C)C(=O)C1CCN(S(=O)(=O)c2cccc(OC(F)(F)F)c2)CC1. The second-order valence-electron chi connectivity index (χ2n) is 5.72. The third-order valence-corrected chi connectivity index (χ3v) is 5.96. The van der Waals surface area contributed by atoms with E-state index in [1.165, 1.54) is 26.3 Å². The molecule has 1 amide bonds. The molecular weight excluding hydrogens is 377 g/mol. The number of ether oxygens (including phenoxy) is 1. The summed E-state index contributed by atoms with van der Waals surface area (Å²) in [6.45, 7) is 0.168. The summed E-state index contributed by atoms with van der Waals surface area (Å²) in [6, 6.07) is 4.24. The number of piperidine rings is 1. The van der Waals surface area contributed by atoms with E-state index >= 15 is 0 Å². The van der Waals surface area contributed by atoms with E-state index in [0.717, 1.165) is 21.5 Å². The van der Waals surface area contributed by atoms with Gasteiger partial charge in [-0.3, -0.25) is 9.63 Å². The van der Waals surface area contributed by atoms with Crippen LogP contribution in [-0.4, -0.2) is 57.3 Å². The molecule has 26 heavy (non-hydrogen) atoms. The van der Waals surface area contributed by atoms with E-state index in [9.17, 15) is 26.4 Å². The highest BCUT2D eigenvalue weighted by Gasteiger charge is 2.35. The zero-order valence-corrected chi connectivity index (χ0v) is 15.0. The Morgan fingerprint density at radius 1 is 1.27 bits per heavy atom. The van der Waals surface area contributed by atoms with Gasteiger partial charge in [-0.05, 0) is 25.0 Å². The zero-order valence-electron chi connectivity index (χ0n) is 14.2. The highest BCUT2D eigenvalue weighted by atomic mass is 32.2. The molecule has 0 aromatic heterocycles. The summed E-state index contributed by atoms with van der Waals surface area (Å²) < 4.78 is 67.1. The number of hydrogen-bond donors (Lipinski definition) is 0. The highest BCUT2D eigenvalue weighted by molar-refractivity contribution is 7.89. The van der Waals surface area contributed by atoms with Crippen LogP contribution in [0.3, 0.4) is 0 Å². The molecule has 0 bridgehead atoms. The monoisotopic (exact) mass is 396 g/mol. The van der Waals surface area contributed by atoms with Gasteiger partial charge in [0.05, 0.1) is 12.0 Å². The fourth-order valence-corrected chi connectivity index (χ4v) is 4.18. The first kappa shape index (κ1) is 20.5. The van der Waals surface area contributed by atoms with Crippen molar-refractivity contribution < 1.29 is 36.0 Å². The summed E-state index contributed by atoms with van der Waals surface area (Å²) in [5, 5.41) is 1.09.